The number of aryl methyl sites for hydroxylation is 2. The lowest BCUT2D eigenvalue weighted by molar-refractivity contribution is -0.119. The molecule has 2 aromatic rings. The first-order chi connectivity index (χ1) is 8.91. The zero-order valence-corrected chi connectivity index (χ0v) is 11.6. The van der Waals surface area contributed by atoms with Gasteiger partial charge in [0.2, 0.25) is 5.91 Å². The molecule has 0 bridgehead atoms. The van der Waals surface area contributed by atoms with Crippen molar-refractivity contribution < 1.29 is 4.79 Å². The molecule has 0 aliphatic heterocycles. The summed E-state index contributed by atoms with van der Waals surface area (Å²) in [6, 6.07) is 3.80. The maximum absolute atomic E-state index is 11.5. The summed E-state index contributed by atoms with van der Waals surface area (Å²) in [5.41, 5.74) is 9.97. The number of hydrogen-bond acceptors (Lipinski definition) is 3. The highest BCUT2D eigenvalue weighted by Gasteiger charge is 2.22. The zero-order chi connectivity index (χ0) is 14.2. The van der Waals surface area contributed by atoms with Gasteiger partial charge >= 0.3 is 0 Å². The van der Waals surface area contributed by atoms with Gasteiger partial charge in [-0.3, -0.25) is 9.78 Å². The Hall–Kier alpha value is -2.17. The lowest BCUT2D eigenvalue weighted by atomic mass is 10.0. The molecule has 2 N–H and O–H groups in total. The first-order valence-electron chi connectivity index (χ1n) is 6.20. The van der Waals surface area contributed by atoms with Gasteiger partial charge in [-0.15, -0.1) is 0 Å². The van der Waals surface area contributed by atoms with Gasteiger partial charge in [0, 0.05) is 11.9 Å². The van der Waals surface area contributed by atoms with E-state index in [9.17, 15) is 4.79 Å². The van der Waals surface area contributed by atoms with Gasteiger partial charge < -0.3 is 5.73 Å². The molecule has 1 atom stereocenters. The molecule has 5 nitrogen and oxygen atoms in total. The monoisotopic (exact) mass is 258 g/mol. The Morgan fingerprint density at radius 2 is 2.05 bits per heavy atom. The van der Waals surface area contributed by atoms with Crippen LogP contribution in [0.4, 0.5) is 0 Å². The molecule has 2 rings (SSSR count). The van der Waals surface area contributed by atoms with Crippen molar-refractivity contribution in [2.75, 3.05) is 0 Å². The van der Waals surface area contributed by atoms with Gasteiger partial charge in [0.1, 0.15) is 0 Å². The van der Waals surface area contributed by atoms with Crippen LogP contribution in [0, 0.1) is 20.8 Å². The van der Waals surface area contributed by atoms with Crippen LogP contribution in [-0.2, 0) is 4.79 Å². The first kappa shape index (κ1) is 13.3. The van der Waals surface area contributed by atoms with Crippen molar-refractivity contribution in [3.05, 3.63) is 41.0 Å². The Morgan fingerprint density at radius 1 is 1.37 bits per heavy atom. The van der Waals surface area contributed by atoms with Crippen molar-refractivity contribution >= 4 is 5.91 Å². The normalized spacial score (nSPS) is 12.4. The van der Waals surface area contributed by atoms with Gasteiger partial charge in [-0.2, -0.15) is 5.10 Å². The van der Waals surface area contributed by atoms with E-state index < -0.39 is 0 Å². The minimum absolute atomic E-state index is 0.352. The van der Waals surface area contributed by atoms with Crippen molar-refractivity contribution in [2.45, 2.75) is 33.6 Å². The van der Waals surface area contributed by atoms with Crippen LogP contribution in [0.5, 0.6) is 0 Å². The number of pyridine rings is 1. The van der Waals surface area contributed by atoms with E-state index in [0.717, 1.165) is 28.3 Å². The zero-order valence-electron chi connectivity index (χ0n) is 11.6. The van der Waals surface area contributed by atoms with Crippen LogP contribution in [0.25, 0.3) is 5.69 Å². The summed E-state index contributed by atoms with van der Waals surface area (Å²) >= 11 is 0. The molecule has 0 fully saturated rings. The molecule has 0 aliphatic carbocycles. The third-order valence-corrected chi connectivity index (χ3v) is 3.37. The summed E-state index contributed by atoms with van der Waals surface area (Å²) in [6.07, 6.45) is 1.73. The number of amides is 1. The first-order valence-corrected chi connectivity index (χ1v) is 6.20. The van der Waals surface area contributed by atoms with Crippen LogP contribution < -0.4 is 5.73 Å². The third kappa shape index (κ3) is 2.36. The average molecular weight is 258 g/mol. The Labute approximate surface area is 112 Å². The van der Waals surface area contributed by atoms with E-state index in [0.29, 0.717) is 0 Å². The average Bonchev–Trinajstić information content (AvgIpc) is 2.65. The second-order valence-electron chi connectivity index (χ2n) is 4.79. The van der Waals surface area contributed by atoms with E-state index in [2.05, 4.69) is 10.1 Å². The molecule has 1 unspecified atom stereocenters. The summed E-state index contributed by atoms with van der Waals surface area (Å²) in [5, 5.41) is 4.51. The van der Waals surface area contributed by atoms with E-state index in [1.807, 2.05) is 32.9 Å². The van der Waals surface area contributed by atoms with Crippen LogP contribution in [0.15, 0.2) is 18.3 Å². The molecule has 1 amide bonds. The molecular weight excluding hydrogens is 240 g/mol. The molecule has 100 valence electrons. The van der Waals surface area contributed by atoms with Crippen LogP contribution >= 0.6 is 0 Å². The van der Waals surface area contributed by atoms with E-state index in [-0.39, 0.29) is 11.8 Å². The van der Waals surface area contributed by atoms with Crippen molar-refractivity contribution in [1.29, 1.82) is 0 Å². The molecule has 0 saturated heterocycles. The Morgan fingerprint density at radius 3 is 2.63 bits per heavy atom. The summed E-state index contributed by atoms with van der Waals surface area (Å²) < 4.78 is 1.79. The Kier molecular flexibility index (Phi) is 3.38. The summed E-state index contributed by atoms with van der Waals surface area (Å²) in [7, 11) is 0. The van der Waals surface area contributed by atoms with Gasteiger partial charge in [-0.1, -0.05) is 0 Å². The molecule has 0 radical (unpaired) electrons. The summed E-state index contributed by atoms with van der Waals surface area (Å²) in [4.78, 5) is 15.7. The number of nitrogens with two attached hydrogens (primary N) is 1. The van der Waals surface area contributed by atoms with Crippen LogP contribution in [0.1, 0.15) is 35.5 Å². The number of aromatic nitrogens is 3. The molecule has 0 aromatic carbocycles. The largest absolute Gasteiger partial charge is 0.369 e. The second kappa shape index (κ2) is 4.84. The van der Waals surface area contributed by atoms with Crippen LogP contribution in [0.2, 0.25) is 0 Å². The van der Waals surface area contributed by atoms with Crippen molar-refractivity contribution in [3.63, 3.8) is 0 Å². The Balaban J connectivity index is 2.64. The lowest BCUT2D eigenvalue weighted by Gasteiger charge is -2.13. The quantitative estimate of drug-likeness (QED) is 0.912. The highest BCUT2D eigenvalue weighted by molar-refractivity contribution is 5.81. The summed E-state index contributed by atoms with van der Waals surface area (Å²) in [5.74, 6) is -0.732. The maximum Gasteiger partial charge on any atom is 0.226 e. The third-order valence-electron chi connectivity index (χ3n) is 3.37. The molecule has 0 aliphatic rings. The second-order valence-corrected chi connectivity index (χ2v) is 4.79. The topological polar surface area (TPSA) is 73.8 Å². The number of carbonyl (C=O) groups excluding carboxylic acids is 1. The molecular formula is C14H18N4O. The predicted octanol–water partition coefficient (Wildman–Crippen LogP) is 1.78. The molecule has 19 heavy (non-hydrogen) atoms. The Bertz CT molecular complexity index is 630. The molecule has 2 heterocycles. The molecule has 0 spiro atoms. The highest BCUT2D eigenvalue weighted by Crippen LogP contribution is 2.25. The van der Waals surface area contributed by atoms with Gasteiger partial charge in [0.25, 0.3) is 0 Å². The van der Waals surface area contributed by atoms with Crippen molar-refractivity contribution in [1.82, 2.24) is 14.8 Å². The van der Waals surface area contributed by atoms with E-state index >= 15 is 0 Å². The number of rotatable bonds is 3. The van der Waals surface area contributed by atoms with Gasteiger partial charge in [0.05, 0.1) is 23.0 Å². The molecule has 5 heteroatoms. The number of carbonyl (C=O) groups is 1. The summed E-state index contributed by atoms with van der Waals surface area (Å²) in [6.45, 7) is 7.61. The standard InChI is InChI=1S/C14H18N4O/c1-8-7-12(5-6-16-8)18-13(10(3)14(15)19)9(2)11(4)17-18/h5-7,10H,1-4H3,(H2,15,19). The van der Waals surface area contributed by atoms with Crippen LogP contribution in [-0.4, -0.2) is 20.7 Å². The minimum Gasteiger partial charge on any atom is -0.369 e. The number of primary amides is 1. The highest BCUT2D eigenvalue weighted by atomic mass is 16.1. The van der Waals surface area contributed by atoms with E-state index in [1.54, 1.807) is 17.8 Å². The lowest BCUT2D eigenvalue weighted by Crippen LogP contribution is -2.22. The van der Waals surface area contributed by atoms with Gasteiger partial charge in [-0.05, 0) is 45.4 Å². The van der Waals surface area contributed by atoms with E-state index in [4.69, 9.17) is 5.73 Å². The molecule has 2 aromatic heterocycles. The van der Waals surface area contributed by atoms with Crippen molar-refractivity contribution in [3.8, 4) is 5.69 Å². The predicted molar refractivity (Wildman–Crippen MR) is 73.2 cm³/mol. The molecule has 0 saturated carbocycles. The SMILES string of the molecule is Cc1cc(-n2nc(C)c(C)c2C(C)C(N)=O)ccn1. The fourth-order valence-electron chi connectivity index (χ4n) is 2.13. The smallest absolute Gasteiger partial charge is 0.226 e. The number of hydrogen-bond donors (Lipinski definition) is 1. The van der Waals surface area contributed by atoms with Gasteiger partial charge in [-0.25, -0.2) is 4.68 Å². The number of nitrogens with zero attached hydrogens (tertiary/aromatic N) is 3. The van der Waals surface area contributed by atoms with Gasteiger partial charge in [0.15, 0.2) is 0 Å². The minimum atomic E-state index is -0.380. The maximum atomic E-state index is 11.5. The van der Waals surface area contributed by atoms with Crippen molar-refractivity contribution in [2.24, 2.45) is 5.73 Å². The fourth-order valence-corrected chi connectivity index (χ4v) is 2.13. The fraction of sp³-hybridized carbons (Fsp3) is 0.357. The van der Waals surface area contributed by atoms with Crippen LogP contribution in [0.3, 0.4) is 0 Å². The van der Waals surface area contributed by atoms with E-state index in [1.165, 1.54) is 0 Å².